The van der Waals surface area contributed by atoms with Crippen molar-refractivity contribution in [1.29, 1.82) is 0 Å². The van der Waals surface area contributed by atoms with E-state index in [-0.39, 0.29) is 0 Å². The molecule has 3 rings (SSSR count). The molecule has 1 N–H and O–H groups in total. The molecule has 2 aromatic rings. The molecule has 1 aliphatic heterocycles. The Hall–Kier alpha value is -2.37. The van der Waals surface area contributed by atoms with E-state index < -0.39 is 0 Å². The SMILES string of the molecule is CN1CCN=C1NCc1ccccc1Cn1cncn1. The summed E-state index contributed by atoms with van der Waals surface area (Å²) in [5, 5.41) is 7.55. The molecule has 0 bridgehead atoms. The Morgan fingerprint density at radius 2 is 2.10 bits per heavy atom. The smallest absolute Gasteiger partial charge is 0.194 e. The van der Waals surface area contributed by atoms with Crippen molar-refractivity contribution in [3.05, 3.63) is 48.0 Å². The van der Waals surface area contributed by atoms with Crippen molar-refractivity contribution in [2.75, 3.05) is 20.1 Å². The molecular weight excluding hydrogens is 252 g/mol. The fourth-order valence-corrected chi connectivity index (χ4v) is 2.27. The van der Waals surface area contributed by atoms with Crippen LogP contribution >= 0.6 is 0 Å². The van der Waals surface area contributed by atoms with Gasteiger partial charge in [0.1, 0.15) is 12.7 Å². The van der Waals surface area contributed by atoms with Gasteiger partial charge in [-0.15, -0.1) is 0 Å². The van der Waals surface area contributed by atoms with E-state index in [0.717, 1.165) is 32.1 Å². The van der Waals surface area contributed by atoms with Gasteiger partial charge >= 0.3 is 0 Å². The highest BCUT2D eigenvalue weighted by molar-refractivity contribution is 5.81. The number of aromatic nitrogens is 3. The van der Waals surface area contributed by atoms with Crippen LogP contribution in [0.4, 0.5) is 0 Å². The molecule has 0 saturated carbocycles. The number of benzene rings is 1. The molecule has 6 nitrogen and oxygen atoms in total. The maximum absolute atomic E-state index is 4.44. The molecule has 104 valence electrons. The first-order chi connectivity index (χ1) is 9.83. The second-order valence-corrected chi connectivity index (χ2v) is 4.84. The van der Waals surface area contributed by atoms with Crippen molar-refractivity contribution in [2.45, 2.75) is 13.1 Å². The Kier molecular flexibility index (Phi) is 3.62. The minimum atomic E-state index is 0.736. The second-order valence-electron chi connectivity index (χ2n) is 4.84. The van der Waals surface area contributed by atoms with Crippen LogP contribution in [-0.2, 0) is 13.1 Å². The molecule has 20 heavy (non-hydrogen) atoms. The standard InChI is InChI=1S/C14H18N6/c1-19-7-6-16-14(19)17-8-12-4-2-3-5-13(12)9-20-11-15-10-18-20/h2-5,10-11H,6-9H2,1H3,(H,16,17). The first-order valence-electron chi connectivity index (χ1n) is 6.71. The molecule has 0 saturated heterocycles. The largest absolute Gasteiger partial charge is 0.352 e. The summed E-state index contributed by atoms with van der Waals surface area (Å²) < 4.78 is 1.83. The van der Waals surface area contributed by atoms with Gasteiger partial charge < -0.3 is 10.2 Å². The molecule has 0 atom stereocenters. The zero-order valence-corrected chi connectivity index (χ0v) is 11.5. The lowest BCUT2D eigenvalue weighted by atomic mass is 10.1. The fraction of sp³-hybridized carbons (Fsp3) is 0.357. The lowest BCUT2D eigenvalue weighted by Crippen LogP contribution is -2.35. The highest BCUT2D eigenvalue weighted by Gasteiger charge is 2.12. The number of guanidine groups is 1. The van der Waals surface area contributed by atoms with Crippen molar-refractivity contribution >= 4 is 5.96 Å². The van der Waals surface area contributed by atoms with Crippen LogP contribution in [0.3, 0.4) is 0 Å². The molecule has 0 spiro atoms. The average Bonchev–Trinajstić information content (AvgIpc) is 3.10. The van der Waals surface area contributed by atoms with E-state index in [1.54, 1.807) is 12.7 Å². The van der Waals surface area contributed by atoms with Crippen LogP contribution in [0.25, 0.3) is 0 Å². The van der Waals surface area contributed by atoms with Gasteiger partial charge in [0.15, 0.2) is 5.96 Å². The lowest BCUT2D eigenvalue weighted by molar-refractivity contribution is 0.533. The number of rotatable bonds is 4. The number of hydrogen-bond acceptors (Lipinski definition) is 5. The van der Waals surface area contributed by atoms with E-state index >= 15 is 0 Å². The Labute approximate surface area is 118 Å². The summed E-state index contributed by atoms with van der Waals surface area (Å²) in [5.74, 6) is 0.973. The van der Waals surface area contributed by atoms with Gasteiger partial charge in [-0.3, -0.25) is 4.99 Å². The Morgan fingerprint density at radius 3 is 2.80 bits per heavy atom. The second kappa shape index (κ2) is 5.73. The fourth-order valence-electron chi connectivity index (χ4n) is 2.27. The molecule has 0 radical (unpaired) electrons. The normalized spacial score (nSPS) is 14.4. The Balaban J connectivity index is 1.69. The highest BCUT2D eigenvalue weighted by Crippen LogP contribution is 2.10. The van der Waals surface area contributed by atoms with Gasteiger partial charge in [0.2, 0.25) is 0 Å². The number of nitrogens with zero attached hydrogens (tertiary/aromatic N) is 5. The summed E-state index contributed by atoms with van der Waals surface area (Å²) >= 11 is 0. The molecule has 1 aliphatic rings. The third-order valence-electron chi connectivity index (χ3n) is 3.41. The zero-order chi connectivity index (χ0) is 13.8. The number of nitrogens with one attached hydrogen (secondary N) is 1. The predicted molar refractivity (Wildman–Crippen MR) is 77.3 cm³/mol. The first kappa shape index (κ1) is 12.7. The molecule has 0 unspecified atom stereocenters. The maximum Gasteiger partial charge on any atom is 0.194 e. The van der Waals surface area contributed by atoms with Crippen LogP contribution < -0.4 is 5.32 Å². The molecule has 1 aromatic carbocycles. The molecule has 0 aliphatic carbocycles. The van der Waals surface area contributed by atoms with Gasteiger partial charge in [-0.1, -0.05) is 24.3 Å². The number of likely N-dealkylation sites (N-methyl/N-ethyl adjacent to an activating group) is 1. The van der Waals surface area contributed by atoms with Crippen molar-refractivity contribution in [1.82, 2.24) is 25.0 Å². The highest BCUT2D eigenvalue weighted by atomic mass is 15.3. The van der Waals surface area contributed by atoms with E-state index in [9.17, 15) is 0 Å². The summed E-state index contributed by atoms with van der Waals surface area (Å²) in [6.07, 6.45) is 3.29. The monoisotopic (exact) mass is 270 g/mol. The topological polar surface area (TPSA) is 58.3 Å². The van der Waals surface area contributed by atoms with Crippen LogP contribution in [0.15, 0.2) is 41.9 Å². The van der Waals surface area contributed by atoms with Crippen molar-refractivity contribution in [3.63, 3.8) is 0 Å². The molecule has 1 aromatic heterocycles. The van der Waals surface area contributed by atoms with E-state index in [4.69, 9.17) is 0 Å². The van der Waals surface area contributed by atoms with Crippen LogP contribution in [0, 0.1) is 0 Å². The lowest BCUT2D eigenvalue weighted by Gasteiger charge is -2.16. The maximum atomic E-state index is 4.44. The Morgan fingerprint density at radius 1 is 1.25 bits per heavy atom. The average molecular weight is 270 g/mol. The van der Waals surface area contributed by atoms with Crippen molar-refractivity contribution < 1.29 is 0 Å². The van der Waals surface area contributed by atoms with Crippen LogP contribution in [0.2, 0.25) is 0 Å². The molecule has 0 fully saturated rings. The zero-order valence-electron chi connectivity index (χ0n) is 11.5. The third-order valence-corrected chi connectivity index (χ3v) is 3.41. The van der Waals surface area contributed by atoms with E-state index in [2.05, 4.69) is 56.6 Å². The van der Waals surface area contributed by atoms with Crippen molar-refractivity contribution in [3.8, 4) is 0 Å². The van der Waals surface area contributed by atoms with Gasteiger partial charge in [-0.2, -0.15) is 5.10 Å². The van der Waals surface area contributed by atoms with Crippen LogP contribution in [-0.4, -0.2) is 45.8 Å². The summed E-state index contributed by atoms with van der Waals surface area (Å²) in [6, 6.07) is 8.37. The van der Waals surface area contributed by atoms with Crippen LogP contribution in [0.5, 0.6) is 0 Å². The Bertz CT molecular complexity index is 589. The minimum absolute atomic E-state index is 0.736. The van der Waals surface area contributed by atoms with Gasteiger partial charge in [-0.25, -0.2) is 9.67 Å². The minimum Gasteiger partial charge on any atom is -0.352 e. The first-order valence-corrected chi connectivity index (χ1v) is 6.71. The predicted octanol–water partition coefficient (Wildman–Crippen LogP) is 0.717. The molecular formula is C14H18N6. The van der Waals surface area contributed by atoms with Crippen LogP contribution in [0.1, 0.15) is 11.1 Å². The molecule has 2 heterocycles. The summed E-state index contributed by atoms with van der Waals surface area (Å²) in [6.45, 7) is 3.37. The molecule has 0 amide bonds. The summed E-state index contributed by atoms with van der Waals surface area (Å²) in [7, 11) is 2.06. The van der Waals surface area contributed by atoms with E-state index in [1.807, 2.05) is 4.68 Å². The molecule has 6 heteroatoms. The summed E-state index contributed by atoms with van der Waals surface area (Å²) in [4.78, 5) is 10.6. The van der Waals surface area contributed by atoms with Gasteiger partial charge in [0.25, 0.3) is 0 Å². The third kappa shape index (κ3) is 2.79. The van der Waals surface area contributed by atoms with E-state index in [0.29, 0.717) is 0 Å². The van der Waals surface area contributed by atoms with E-state index in [1.165, 1.54) is 11.1 Å². The number of hydrogen-bond donors (Lipinski definition) is 1. The van der Waals surface area contributed by atoms with Crippen molar-refractivity contribution in [2.24, 2.45) is 4.99 Å². The van der Waals surface area contributed by atoms with Gasteiger partial charge in [-0.05, 0) is 11.1 Å². The van der Waals surface area contributed by atoms with Gasteiger partial charge in [0, 0.05) is 20.1 Å². The van der Waals surface area contributed by atoms with Gasteiger partial charge in [0.05, 0.1) is 13.1 Å². The summed E-state index contributed by atoms with van der Waals surface area (Å²) in [5.41, 5.74) is 2.50. The quantitative estimate of drug-likeness (QED) is 0.889. The number of aliphatic imine (C=N–C) groups is 1.